The zero-order valence-corrected chi connectivity index (χ0v) is 11.2. The second kappa shape index (κ2) is 4.76. The van der Waals surface area contributed by atoms with Crippen molar-refractivity contribution in [3.63, 3.8) is 0 Å². The highest BCUT2D eigenvalue weighted by molar-refractivity contribution is 9.10. The number of anilines is 1. The van der Waals surface area contributed by atoms with Crippen molar-refractivity contribution >= 4 is 21.8 Å². The lowest BCUT2D eigenvalue weighted by molar-refractivity contribution is -0.137. The summed E-state index contributed by atoms with van der Waals surface area (Å²) >= 11 is 3.08. The molecule has 8 heteroatoms. The van der Waals surface area contributed by atoms with Crippen LogP contribution in [0.3, 0.4) is 0 Å². The molecule has 0 unspecified atom stereocenters. The molecule has 0 aliphatic carbocycles. The highest BCUT2D eigenvalue weighted by Crippen LogP contribution is 2.43. The van der Waals surface area contributed by atoms with E-state index in [0.29, 0.717) is 11.1 Å². The Morgan fingerprint density at radius 2 is 2.05 bits per heavy atom. The van der Waals surface area contributed by atoms with Crippen molar-refractivity contribution in [2.45, 2.75) is 6.18 Å². The fourth-order valence-electron chi connectivity index (χ4n) is 1.60. The molecule has 0 fully saturated rings. The number of methoxy groups -OCH3 is 1. The minimum Gasteiger partial charge on any atom is -0.496 e. The van der Waals surface area contributed by atoms with E-state index in [-0.39, 0.29) is 16.1 Å². The summed E-state index contributed by atoms with van der Waals surface area (Å²) in [5.74, 6) is 0.0235. The zero-order chi connectivity index (χ0) is 14.2. The minimum atomic E-state index is -4.46. The maximum absolute atomic E-state index is 12.7. The predicted octanol–water partition coefficient (Wildman–Crippen LogP) is 3.71. The number of hydrogen-bond acceptors (Lipinski definition) is 4. The lowest BCUT2D eigenvalue weighted by atomic mass is 10.0. The van der Waals surface area contributed by atoms with E-state index in [9.17, 15) is 13.2 Å². The van der Waals surface area contributed by atoms with Gasteiger partial charge in [0.2, 0.25) is 5.88 Å². The van der Waals surface area contributed by atoms with Crippen LogP contribution < -0.4 is 10.5 Å². The molecule has 0 saturated carbocycles. The normalized spacial score (nSPS) is 11.6. The summed E-state index contributed by atoms with van der Waals surface area (Å²) < 4.78 is 48.0. The van der Waals surface area contributed by atoms with Gasteiger partial charge in [-0.2, -0.15) is 13.2 Å². The van der Waals surface area contributed by atoms with Gasteiger partial charge in [-0.3, -0.25) is 0 Å². The van der Waals surface area contributed by atoms with E-state index < -0.39 is 11.7 Å². The van der Waals surface area contributed by atoms with Crippen molar-refractivity contribution in [1.29, 1.82) is 0 Å². The van der Waals surface area contributed by atoms with Crippen LogP contribution in [0, 0.1) is 0 Å². The molecule has 0 amide bonds. The van der Waals surface area contributed by atoms with E-state index in [1.807, 2.05) is 0 Å². The van der Waals surface area contributed by atoms with Crippen LogP contribution in [0.1, 0.15) is 5.56 Å². The topological polar surface area (TPSA) is 61.3 Å². The van der Waals surface area contributed by atoms with Crippen LogP contribution in [0.15, 0.2) is 27.3 Å². The number of nitrogen functional groups attached to an aromatic ring is 1. The van der Waals surface area contributed by atoms with Crippen molar-refractivity contribution in [3.05, 3.63) is 28.4 Å². The van der Waals surface area contributed by atoms with Gasteiger partial charge in [0.25, 0.3) is 0 Å². The van der Waals surface area contributed by atoms with Crippen LogP contribution in [0.2, 0.25) is 0 Å². The lowest BCUT2D eigenvalue weighted by Gasteiger charge is -2.14. The molecule has 0 atom stereocenters. The Hall–Kier alpha value is -1.70. The molecule has 0 radical (unpaired) electrons. The van der Waals surface area contributed by atoms with Gasteiger partial charge in [0.15, 0.2) is 0 Å². The van der Waals surface area contributed by atoms with E-state index in [4.69, 9.17) is 15.0 Å². The molecular weight excluding hydrogens is 329 g/mol. The third-order valence-electron chi connectivity index (χ3n) is 2.47. The van der Waals surface area contributed by atoms with Gasteiger partial charge in [-0.15, -0.1) is 0 Å². The standard InChI is InChI=1S/C11H8BrF3N2O2/c1-18-8-3-5(11(13,14)15)2-7(12)9(8)6-4-17-19-10(6)16/h2-4H,16H2,1H3. The number of halogens is 4. The molecule has 0 spiro atoms. The third kappa shape index (κ3) is 2.53. The summed E-state index contributed by atoms with van der Waals surface area (Å²) in [4.78, 5) is 0. The fourth-order valence-corrected chi connectivity index (χ4v) is 2.26. The summed E-state index contributed by atoms with van der Waals surface area (Å²) in [5.41, 5.74) is 5.45. The molecule has 2 rings (SSSR count). The maximum Gasteiger partial charge on any atom is 0.416 e. The molecule has 2 aromatic rings. The van der Waals surface area contributed by atoms with Crippen LogP contribution in [-0.2, 0) is 6.18 Å². The Balaban J connectivity index is 2.67. The molecule has 0 aliphatic heterocycles. The van der Waals surface area contributed by atoms with Crippen molar-refractivity contribution in [2.75, 3.05) is 12.8 Å². The average Bonchev–Trinajstić information content (AvgIpc) is 2.73. The highest BCUT2D eigenvalue weighted by Gasteiger charge is 2.33. The van der Waals surface area contributed by atoms with Gasteiger partial charge < -0.3 is 15.0 Å². The number of aromatic nitrogens is 1. The Morgan fingerprint density at radius 1 is 1.37 bits per heavy atom. The minimum absolute atomic E-state index is 0.00115. The van der Waals surface area contributed by atoms with Gasteiger partial charge in [-0.1, -0.05) is 5.16 Å². The monoisotopic (exact) mass is 336 g/mol. The highest BCUT2D eigenvalue weighted by atomic mass is 79.9. The first-order valence-corrected chi connectivity index (χ1v) is 5.79. The first-order chi connectivity index (χ1) is 8.84. The molecule has 102 valence electrons. The van der Waals surface area contributed by atoms with Crippen molar-refractivity contribution in [1.82, 2.24) is 5.16 Å². The lowest BCUT2D eigenvalue weighted by Crippen LogP contribution is -2.06. The van der Waals surface area contributed by atoms with Gasteiger partial charge in [-0.05, 0) is 28.1 Å². The van der Waals surface area contributed by atoms with Crippen LogP contribution >= 0.6 is 15.9 Å². The number of rotatable bonds is 2. The van der Waals surface area contributed by atoms with E-state index >= 15 is 0 Å². The molecule has 0 saturated heterocycles. The number of nitrogens with two attached hydrogens (primary N) is 1. The smallest absolute Gasteiger partial charge is 0.416 e. The van der Waals surface area contributed by atoms with Crippen LogP contribution in [-0.4, -0.2) is 12.3 Å². The fraction of sp³-hybridized carbons (Fsp3) is 0.182. The molecule has 4 nitrogen and oxygen atoms in total. The Bertz CT molecular complexity index is 610. The number of benzene rings is 1. The zero-order valence-electron chi connectivity index (χ0n) is 9.58. The molecule has 0 bridgehead atoms. The second-order valence-corrected chi connectivity index (χ2v) is 4.49. The van der Waals surface area contributed by atoms with Gasteiger partial charge in [0, 0.05) is 10.0 Å². The Kier molecular flexibility index (Phi) is 3.44. The summed E-state index contributed by atoms with van der Waals surface area (Å²) in [6.07, 6.45) is -3.15. The van der Waals surface area contributed by atoms with Crippen LogP contribution in [0.5, 0.6) is 5.75 Å². The largest absolute Gasteiger partial charge is 0.496 e. The van der Waals surface area contributed by atoms with Gasteiger partial charge >= 0.3 is 6.18 Å². The van der Waals surface area contributed by atoms with Gasteiger partial charge in [0.05, 0.1) is 24.4 Å². The van der Waals surface area contributed by atoms with Crippen molar-refractivity contribution in [3.8, 4) is 16.9 Å². The quantitative estimate of drug-likeness (QED) is 0.907. The van der Waals surface area contributed by atoms with E-state index in [1.165, 1.54) is 13.3 Å². The van der Waals surface area contributed by atoms with Crippen molar-refractivity contribution in [2.24, 2.45) is 0 Å². The SMILES string of the molecule is COc1cc(C(F)(F)F)cc(Br)c1-c1cnoc1N. The summed E-state index contributed by atoms with van der Waals surface area (Å²) in [6, 6.07) is 1.84. The molecular formula is C11H8BrF3N2O2. The van der Waals surface area contributed by atoms with Gasteiger partial charge in [0.1, 0.15) is 5.75 Å². The summed E-state index contributed by atoms with van der Waals surface area (Å²) in [7, 11) is 1.27. The maximum atomic E-state index is 12.7. The van der Waals surface area contributed by atoms with E-state index in [2.05, 4.69) is 21.1 Å². The Labute approximate surface area is 114 Å². The van der Waals surface area contributed by atoms with E-state index in [1.54, 1.807) is 0 Å². The number of alkyl halides is 3. The predicted molar refractivity (Wildman–Crippen MR) is 65.6 cm³/mol. The summed E-state index contributed by atoms with van der Waals surface area (Å²) in [6.45, 7) is 0. The molecule has 1 aromatic carbocycles. The van der Waals surface area contributed by atoms with Crippen LogP contribution in [0.4, 0.5) is 19.1 Å². The molecule has 1 heterocycles. The molecule has 19 heavy (non-hydrogen) atoms. The number of hydrogen-bond donors (Lipinski definition) is 1. The average molecular weight is 337 g/mol. The molecule has 1 aromatic heterocycles. The first-order valence-electron chi connectivity index (χ1n) is 5.00. The Morgan fingerprint density at radius 3 is 2.53 bits per heavy atom. The van der Waals surface area contributed by atoms with Gasteiger partial charge in [-0.25, -0.2) is 0 Å². The molecule has 2 N–H and O–H groups in total. The second-order valence-electron chi connectivity index (χ2n) is 3.64. The number of ether oxygens (including phenoxy) is 1. The first kappa shape index (κ1) is 13.7. The summed E-state index contributed by atoms with van der Waals surface area (Å²) in [5, 5.41) is 3.49. The van der Waals surface area contributed by atoms with Crippen LogP contribution in [0.25, 0.3) is 11.1 Å². The van der Waals surface area contributed by atoms with Crippen molar-refractivity contribution < 1.29 is 22.4 Å². The molecule has 0 aliphatic rings. The number of nitrogens with zero attached hydrogens (tertiary/aromatic N) is 1. The third-order valence-corrected chi connectivity index (χ3v) is 3.09. The van der Waals surface area contributed by atoms with E-state index in [0.717, 1.165) is 12.1 Å².